The number of hydrogen-bond acceptors (Lipinski definition) is 1. The topological polar surface area (TPSA) is 17.1 Å². The molecule has 132 valence electrons. The van der Waals surface area contributed by atoms with Gasteiger partial charge in [-0.25, -0.2) is 0 Å². The van der Waals surface area contributed by atoms with Crippen LogP contribution >= 0.6 is 0 Å². The molecule has 2 heteroatoms. The summed E-state index contributed by atoms with van der Waals surface area (Å²) in [6.45, 7) is 7.01. The molecule has 4 rings (SSSR count). The molecule has 0 radical (unpaired) electrons. The first-order valence-electron chi connectivity index (χ1n) is 9.59. The summed E-state index contributed by atoms with van der Waals surface area (Å²) in [6, 6.07) is 21.7. The fourth-order valence-corrected chi connectivity index (χ4v) is 6.85. The zero-order valence-corrected chi connectivity index (χ0v) is 16.9. The molecular weight excluding hydrogens is 332 g/mol. The van der Waals surface area contributed by atoms with Gasteiger partial charge in [0.05, 0.1) is 8.07 Å². The molecule has 0 spiro atoms. The Morgan fingerprint density at radius 3 is 2.19 bits per heavy atom. The Bertz CT molecular complexity index is 967. The van der Waals surface area contributed by atoms with Crippen LogP contribution < -0.4 is 0 Å². The third-order valence-electron chi connectivity index (χ3n) is 5.60. The highest BCUT2D eigenvalue weighted by molar-refractivity contribution is 6.80. The lowest BCUT2D eigenvalue weighted by Gasteiger charge is -2.30. The summed E-state index contributed by atoms with van der Waals surface area (Å²) in [6.07, 6.45) is 2.70. The van der Waals surface area contributed by atoms with Crippen molar-refractivity contribution in [1.29, 1.82) is 0 Å². The average Bonchev–Trinajstić information content (AvgIpc) is 2.80. The molecule has 3 aromatic rings. The largest absolute Gasteiger partial charge is 0.299 e. The van der Waals surface area contributed by atoms with Gasteiger partial charge >= 0.3 is 0 Å². The molecule has 1 unspecified atom stereocenters. The van der Waals surface area contributed by atoms with E-state index >= 15 is 0 Å². The van der Waals surface area contributed by atoms with Crippen LogP contribution in [0.1, 0.15) is 29.5 Å². The van der Waals surface area contributed by atoms with E-state index in [0.29, 0.717) is 5.78 Å². The third kappa shape index (κ3) is 2.93. The van der Waals surface area contributed by atoms with Crippen LogP contribution in [0.4, 0.5) is 0 Å². The molecule has 0 amide bonds. The van der Waals surface area contributed by atoms with E-state index in [1.54, 1.807) is 0 Å². The number of hydrogen-bond donors (Lipinski definition) is 0. The molecule has 0 aliphatic heterocycles. The van der Waals surface area contributed by atoms with Crippen LogP contribution in [0.3, 0.4) is 0 Å². The maximum absolute atomic E-state index is 13.1. The number of benzene rings is 3. The summed E-state index contributed by atoms with van der Waals surface area (Å²) in [5.41, 5.74) is 5.38. The molecule has 0 N–H and O–H groups in total. The maximum atomic E-state index is 13.1. The standard InChI is InChI=1S/C24H26OSi/c1-26(2,3)24-22(25)15-9-12-18-16-21(17-10-5-4-6-11-17)19-13-7-8-14-20(19)23(18)24/h4-8,10-11,13-14,16,24H,9,12,15H2,1-3H3. The molecule has 0 aromatic heterocycles. The number of ketones is 1. The second-order valence-corrected chi connectivity index (χ2v) is 13.8. The van der Waals surface area contributed by atoms with Crippen molar-refractivity contribution in [2.24, 2.45) is 0 Å². The van der Waals surface area contributed by atoms with Crippen molar-refractivity contribution < 1.29 is 4.79 Å². The van der Waals surface area contributed by atoms with Crippen LogP contribution in [0.25, 0.3) is 21.9 Å². The van der Waals surface area contributed by atoms with Crippen LogP contribution in [-0.4, -0.2) is 13.9 Å². The van der Waals surface area contributed by atoms with Crippen molar-refractivity contribution in [2.75, 3.05) is 0 Å². The normalized spacial score (nSPS) is 17.8. The molecule has 3 aromatic carbocycles. The van der Waals surface area contributed by atoms with Crippen molar-refractivity contribution in [3.8, 4) is 11.1 Å². The van der Waals surface area contributed by atoms with Crippen molar-refractivity contribution >= 4 is 24.6 Å². The number of Topliss-reactive ketones (excluding diaryl/α,β-unsaturated/α-hetero) is 1. The van der Waals surface area contributed by atoms with Crippen molar-refractivity contribution in [3.05, 3.63) is 71.8 Å². The van der Waals surface area contributed by atoms with E-state index in [1.807, 2.05) is 0 Å². The van der Waals surface area contributed by atoms with Gasteiger partial charge in [0, 0.05) is 12.0 Å². The van der Waals surface area contributed by atoms with Crippen LogP contribution in [0.5, 0.6) is 0 Å². The zero-order valence-electron chi connectivity index (χ0n) is 15.9. The van der Waals surface area contributed by atoms with Gasteiger partial charge in [-0.1, -0.05) is 80.3 Å². The second-order valence-electron chi connectivity index (χ2n) is 8.53. The lowest BCUT2D eigenvalue weighted by Crippen LogP contribution is -2.36. The summed E-state index contributed by atoms with van der Waals surface area (Å²) in [4.78, 5) is 13.1. The predicted molar refractivity (Wildman–Crippen MR) is 113 cm³/mol. The summed E-state index contributed by atoms with van der Waals surface area (Å²) < 4.78 is 0. The number of aryl methyl sites for hydroxylation is 1. The molecule has 1 aliphatic carbocycles. The highest BCUT2D eigenvalue weighted by Gasteiger charge is 2.38. The first-order valence-corrected chi connectivity index (χ1v) is 13.2. The summed E-state index contributed by atoms with van der Waals surface area (Å²) in [7, 11) is -1.67. The second kappa shape index (κ2) is 6.51. The van der Waals surface area contributed by atoms with Gasteiger partial charge in [0.25, 0.3) is 0 Å². The maximum Gasteiger partial charge on any atom is 0.137 e. The quantitative estimate of drug-likeness (QED) is 0.384. The van der Waals surface area contributed by atoms with E-state index in [9.17, 15) is 4.79 Å². The first kappa shape index (κ1) is 17.2. The van der Waals surface area contributed by atoms with E-state index in [1.165, 1.54) is 33.0 Å². The molecule has 0 fully saturated rings. The van der Waals surface area contributed by atoms with Crippen LogP contribution in [0.2, 0.25) is 19.6 Å². The van der Waals surface area contributed by atoms with E-state index in [-0.39, 0.29) is 5.54 Å². The third-order valence-corrected chi connectivity index (χ3v) is 7.95. The Kier molecular flexibility index (Phi) is 4.32. The zero-order chi connectivity index (χ0) is 18.3. The molecule has 1 nitrogen and oxygen atoms in total. The predicted octanol–water partition coefficient (Wildman–Crippen LogP) is 6.37. The van der Waals surface area contributed by atoms with E-state index in [4.69, 9.17) is 0 Å². The van der Waals surface area contributed by atoms with Crippen LogP contribution in [0.15, 0.2) is 60.7 Å². The Hall–Kier alpha value is -2.19. The monoisotopic (exact) mass is 358 g/mol. The lowest BCUT2D eigenvalue weighted by atomic mass is 9.89. The first-order chi connectivity index (χ1) is 12.5. The molecule has 1 atom stereocenters. The SMILES string of the molecule is C[Si](C)(C)C1C(=O)CCCc2cc(-c3ccccc3)c3ccccc3c21. The van der Waals surface area contributed by atoms with Gasteiger partial charge in [0.15, 0.2) is 0 Å². The van der Waals surface area contributed by atoms with Gasteiger partial charge < -0.3 is 0 Å². The van der Waals surface area contributed by atoms with Gasteiger partial charge in [-0.2, -0.15) is 0 Å². The fourth-order valence-electron chi connectivity index (χ4n) is 4.53. The minimum absolute atomic E-state index is 0.106. The molecule has 26 heavy (non-hydrogen) atoms. The Balaban J connectivity index is 2.08. The average molecular weight is 359 g/mol. The highest BCUT2D eigenvalue weighted by atomic mass is 28.3. The van der Waals surface area contributed by atoms with Crippen molar-refractivity contribution in [1.82, 2.24) is 0 Å². The minimum atomic E-state index is -1.67. The van der Waals surface area contributed by atoms with Gasteiger partial charge in [-0.3, -0.25) is 4.79 Å². The molecule has 0 heterocycles. The van der Waals surface area contributed by atoms with Crippen molar-refractivity contribution in [3.63, 3.8) is 0 Å². The number of fused-ring (bicyclic) bond motifs is 3. The molecule has 0 saturated heterocycles. The van der Waals surface area contributed by atoms with Gasteiger partial charge in [0.2, 0.25) is 0 Å². The lowest BCUT2D eigenvalue weighted by molar-refractivity contribution is -0.118. The Morgan fingerprint density at radius 2 is 1.50 bits per heavy atom. The van der Waals surface area contributed by atoms with E-state index in [2.05, 4.69) is 80.3 Å². The van der Waals surface area contributed by atoms with Crippen molar-refractivity contribution in [2.45, 2.75) is 44.4 Å². The molecule has 1 aliphatic rings. The van der Waals surface area contributed by atoms with Crippen LogP contribution in [-0.2, 0) is 11.2 Å². The molecular formula is C24H26OSi. The number of carbonyl (C=O) groups excluding carboxylic acids is 1. The van der Waals surface area contributed by atoms with Gasteiger partial charge in [-0.15, -0.1) is 0 Å². The Labute approximate surface area is 157 Å². The van der Waals surface area contributed by atoms with Crippen LogP contribution in [0, 0.1) is 0 Å². The molecule has 0 saturated carbocycles. The molecule has 0 bridgehead atoms. The summed E-state index contributed by atoms with van der Waals surface area (Å²) >= 11 is 0. The number of carbonyl (C=O) groups is 1. The number of rotatable bonds is 2. The van der Waals surface area contributed by atoms with Gasteiger partial charge in [-0.05, 0) is 45.9 Å². The van der Waals surface area contributed by atoms with E-state index in [0.717, 1.165) is 19.3 Å². The summed E-state index contributed by atoms with van der Waals surface area (Å²) in [5, 5.41) is 2.56. The smallest absolute Gasteiger partial charge is 0.137 e. The van der Waals surface area contributed by atoms with E-state index < -0.39 is 8.07 Å². The highest BCUT2D eigenvalue weighted by Crippen LogP contribution is 2.42. The minimum Gasteiger partial charge on any atom is -0.299 e. The Morgan fingerprint density at radius 1 is 0.846 bits per heavy atom. The fraction of sp³-hybridized carbons (Fsp3) is 0.292. The summed E-state index contributed by atoms with van der Waals surface area (Å²) in [5.74, 6) is 0.459. The van der Waals surface area contributed by atoms with Gasteiger partial charge in [0.1, 0.15) is 5.78 Å².